The van der Waals surface area contributed by atoms with E-state index in [1.165, 1.54) is 18.3 Å². The SMILES string of the molecule is COc1ccc2c(c1)C(CC(=O)N1CCC3(CCN(C(=O)c4ccc(C(C)=O)s4)CC3)C1)CC2=O. The molecule has 8 heteroatoms. The smallest absolute Gasteiger partial charge is 0.263 e. The van der Waals surface area contributed by atoms with Gasteiger partial charge >= 0.3 is 0 Å². The summed E-state index contributed by atoms with van der Waals surface area (Å²) in [4.78, 5) is 55.1. The Balaban J connectivity index is 1.18. The van der Waals surface area contributed by atoms with Crippen molar-refractivity contribution in [2.75, 3.05) is 33.3 Å². The van der Waals surface area contributed by atoms with Crippen LogP contribution in [-0.4, -0.2) is 66.5 Å². The molecule has 3 aliphatic rings. The maximum atomic E-state index is 13.2. The lowest BCUT2D eigenvalue weighted by Crippen LogP contribution is -2.44. The van der Waals surface area contributed by atoms with Crippen LogP contribution in [0.25, 0.3) is 0 Å². The van der Waals surface area contributed by atoms with E-state index in [9.17, 15) is 19.2 Å². The number of piperidine rings is 1. The highest BCUT2D eigenvalue weighted by Gasteiger charge is 2.43. The summed E-state index contributed by atoms with van der Waals surface area (Å²) in [6.07, 6.45) is 3.40. The molecule has 184 valence electrons. The van der Waals surface area contributed by atoms with Crippen LogP contribution in [-0.2, 0) is 4.79 Å². The molecule has 1 aromatic carbocycles. The van der Waals surface area contributed by atoms with E-state index in [1.54, 1.807) is 31.4 Å². The number of benzene rings is 1. The first-order valence-electron chi connectivity index (χ1n) is 12.2. The van der Waals surface area contributed by atoms with E-state index in [2.05, 4.69) is 0 Å². The van der Waals surface area contributed by atoms with Crippen LogP contribution in [0, 0.1) is 5.41 Å². The molecule has 1 atom stereocenters. The molecule has 5 rings (SSSR count). The van der Waals surface area contributed by atoms with Gasteiger partial charge in [-0.2, -0.15) is 0 Å². The van der Waals surface area contributed by atoms with Crippen LogP contribution in [0.1, 0.15) is 80.2 Å². The van der Waals surface area contributed by atoms with E-state index in [0.717, 1.165) is 31.4 Å². The van der Waals surface area contributed by atoms with Crippen molar-refractivity contribution in [3.63, 3.8) is 0 Å². The number of nitrogens with zero attached hydrogens (tertiary/aromatic N) is 2. The molecule has 7 nitrogen and oxygen atoms in total. The minimum atomic E-state index is -0.0955. The van der Waals surface area contributed by atoms with Gasteiger partial charge in [0.1, 0.15) is 5.75 Å². The molecule has 3 heterocycles. The largest absolute Gasteiger partial charge is 0.497 e. The first-order chi connectivity index (χ1) is 16.8. The standard InChI is InChI=1S/C27H30N2O5S/c1-17(30)23-5-6-24(35-23)26(33)28-10-7-27(8-11-28)9-12-29(16-27)25(32)14-18-13-22(31)20-4-3-19(34-2)15-21(18)20/h3-6,15,18H,7-14,16H2,1-2H3. The van der Waals surface area contributed by atoms with Crippen molar-refractivity contribution in [2.24, 2.45) is 5.41 Å². The number of hydrogen-bond donors (Lipinski definition) is 0. The van der Waals surface area contributed by atoms with E-state index in [4.69, 9.17) is 4.74 Å². The summed E-state index contributed by atoms with van der Waals surface area (Å²) in [5, 5.41) is 0. The minimum absolute atomic E-state index is 0.0109. The van der Waals surface area contributed by atoms with Gasteiger partial charge in [0, 0.05) is 50.5 Å². The maximum absolute atomic E-state index is 13.2. The minimum Gasteiger partial charge on any atom is -0.497 e. The Bertz CT molecular complexity index is 1190. The van der Waals surface area contributed by atoms with Gasteiger partial charge in [0.2, 0.25) is 5.91 Å². The summed E-state index contributed by atoms with van der Waals surface area (Å²) in [6, 6.07) is 8.95. The second-order valence-corrected chi connectivity index (χ2v) is 11.1. The number of ether oxygens (including phenoxy) is 1. The molecule has 0 N–H and O–H groups in total. The van der Waals surface area contributed by atoms with Gasteiger partial charge in [-0.05, 0) is 67.5 Å². The molecule has 1 aliphatic carbocycles. The lowest BCUT2D eigenvalue weighted by atomic mass is 9.77. The first kappa shape index (κ1) is 23.7. The van der Waals surface area contributed by atoms with Crippen molar-refractivity contribution < 1.29 is 23.9 Å². The predicted molar refractivity (Wildman–Crippen MR) is 132 cm³/mol. The third-order valence-electron chi connectivity index (χ3n) is 7.92. The fraction of sp³-hybridized carbons (Fsp3) is 0.481. The summed E-state index contributed by atoms with van der Waals surface area (Å²) in [6.45, 7) is 4.29. The Morgan fingerprint density at radius 3 is 2.37 bits per heavy atom. The number of carbonyl (C=O) groups is 4. The van der Waals surface area contributed by atoms with E-state index < -0.39 is 0 Å². The molecular formula is C27H30N2O5S. The van der Waals surface area contributed by atoms with Gasteiger partial charge < -0.3 is 14.5 Å². The molecule has 0 radical (unpaired) electrons. The van der Waals surface area contributed by atoms with Crippen LogP contribution in [0.5, 0.6) is 5.75 Å². The second kappa shape index (κ2) is 9.22. The van der Waals surface area contributed by atoms with Crippen LogP contribution >= 0.6 is 11.3 Å². The highest BCUT2D eigenvalue weighted by Crippen LogP contribution is 2.43. The number of methoxy groups -OCH3 is 1. The molecule has 1 spiro atoms. The monoisotopic (exact) mass is 494 g/mol. The zero-order valence-electron chi connectivity index (χ0n) is 20.2. The molecule has 1 aromatic heterocycles. The van der Waals surface area contributed by atoms with E-state index in [1.807, 2.05) is 15.9 Å². The van der Waals surface area contributed by atoms with Crippen LogP contribution in [0.3, 0.4) is 0 Å². The van der Waals surface area contributed by atoms with Crippen LogP contribution < -0.4 is 4.74 Å². The Morgan fingerprint density at radius 1 is 1.03 bits per heavy atom. The number of thiophene rings is 1. The van der Waals surface area contributed by atoms with Crippen molar-refractivity contribution in [3.8, 4) is 5.75 Å². The third-order valence-corrected chi connectivity index (χ3v) is 9.09. The number of Topliss-reactive ketones (excluding diaryl/α,β-unsaturated/α-hetero) is 2. The van der Waals surface area contributed by atoms with E-state index in [-0.39, 0.29) is 34.7 Å². The highest BCUT2D eigenvalue weighted by molar-refractivity contribution is 7.15. The number of likely N-dealkylation sites (tertiary alicyclic amines) is 2. The maximum Gasteiger partial charge on any atom is 0.263 e. The summed E-state index contributed by atoms with van der Waals surface area (Å²) in [7, 11) is 1.60. The van der Waals surface area contributed by atoms with Gasteiger partial charge in [-0.3, -0.25) is 19.2 Å². The molecule has 35 heavy (non-hydrogen) atoms. The normalized spacial score (nSPS) is 20.9. The molecule has 2 saturated heterocycles. The molecule has 1 unspecified atom stereocenters. The van der Waals surface area contributed by atoms with Gasteiger partial charge in [0.05, 0.1) is 16.9 Å². The topological polar surface area (TPSA) is 84.0 Å². The van der Waals surface area contributed by atoms with Crippen molar-refractivity contribution in [3.05, 3.63) is 51.2 Å². The van der Waals surface area contributed by atoms with E-state index in [0.29, 0.717) is 53.5 Å². The number of amides is 2. The van der Waals surface area contributed by atoms with E-state index >= 15 is 0 Å². The molecule has 2 amide bonds. The highest BCUT2D eigenvalue weighted by atomic mass is 32.1. The predicted octanol–water partition coefficient (Wildman–Crippen LogP) is 4.17. The molecule has 0 saturated carbocycles. The van der Waals surface area contributed by atoms with Crippen LogP contribution in [0.15, 0.2) is 30.3 Å². The molecule has 0 bridgehead atoms. The second-order valence-electron chi connectivity index (χ2n) is 10.1. The fourth-order valence-electron chi connectivity index (χ4n) is 5.76. The lowest BCUT2D eigenvalue weighted by molar-refractivity contribution is -0.131. The summed E-state index contributed by atoms with van der Waals surface area (Å²) < 4.78 is 5.32. The fourth-order valence-corrected chi connectivity index (χ4v) is 6.63. The summed E-state index contributed by atoms with van der Waals surface area (Å²) in [5.41, 5.74) is 1.68. The van der Waals surface area contributed by atoms with Crippen LogP contribution in [0.4, 0.5) is 0 Å². The molecule has 2 aromatic rings. The summed E-state index contributed by atoms with van der Waals surface area (Å²) >= 11 is 1.26. The average molecular weight is 495 g/mol. The van der Waals surface area contributed by atoms with Gasteiger partial charge in [-0.25, -0.2) is 0 Å². The number of rotatable bonds is 5. The molecular weight excluding hydrogens is 464 g/mol. The van der Waals surface area contributed by atoms with Gasteiger partial charge in [0.25, 0.3) is 5.91 Å². The quantitative estimate of drug-likeness (QED) is 0.583. The first-order valence-corrected chi connectivity index (χ1v) is 13.0. The number of fused-ring (bicyclic) bond motifs is 1. The Kier molecular flexibility index (Phi) is 6.25. The van der Waals surface area contributed by atoms with Crippen molar-refractivity contribution in [2.45, 2.75) is 44.9 Å². The Labute approximate surface area is 209 Å². The zero-order valence-corrected chi connectivity index (χ0v) is 21.0. The van der Waals surface area contributed by atoms with Crippen molar-refractivity contribution >= 4 is 34.7 Å². The van der Waals surface area contributed by atoms with Crippen LogP contribution in [0.2, 0.25) is 0 Å². The number of ketones is 2. The molecule has 2 fully saturated rings. The average Bonchev–Trinajstić information content (AvgIpc) is 3.58. The Hall–Kier alpha value is -3.00. The number of hydrogen-bond acceptors (Lipinski definition) is 6. The zero-order chi connectivity index (χ0) is 24.7. The van der Waals surface area contributed by atoms with Gasteiger partial charge in [0.15, 0.2) is 11.6 Å². The van der Waals surface area contributed by atoms with Gasteiger partial charge in [-0.1, -0.05) is 0 Å². The molecule has 2 aliphatic heterocycles. The lowest BCUT2D eigenvalue weighted by Gasteiger charge is -2.39. The number of carbonyl (C=O) groups excluding carboxylic acids is 4. The van der Waals surface area contributed by atoms with Gasteiger partial charge in [-0.15, -0.1) is 11.3 Å². The van der Waals surface area contributed by atoms with Crippen molar-refractivity contribution in [1.82, 2.24) is 9.80 Å². The summed E-state index contributed by atoms with van der Waals surface area (Å²) in [5.74, 6) is 0.773. The third kappa shape index (κ3) is 4.51. The Morgan fingerprint density at radius 2 is 1.71 bits per heavy atom. The van der Waals surface area contributed by atoms with Crippen molar-refractivity contribution in [1.29, 1.82) is 0 Å².